The Kier molecular flexibility index (Phi) is 4.26. The SMILES string of the molecule is O=C(Cn1cnc2sccc2c1=O)N1CC(=O)N(Cc2ccccc2)C1. The molecule has 8 heteroatoms. The van der Waals surface area contributed by atoms with Crippen LogP contribution in [0.4, 0.5) is 0 Å². The molecule has 26 heavy (non-hydrogen) atoms. The first-order valence-electron chi connectivity index (χ1n) is 8.14. The van der Waals surface area contributed by atoms with E-state index in [0.29, 0.717) is 16.8 Å². The summed E-state index contributed by atoms with van der Waals surface area (Å²) in [5.41, 5.74) is 0.773. The third kappa shape index (κ3) is 3.11. The summed E-state index contributed by atoms with van der Waals surface area (Å²) in [5.74, 6) is -0.367. The second-order valence-electron chi connectivity index (χ2n) is 6.13. The van der Waals surface area contributed by atoms with Gasteiger partial charge in [0.25, 0.3) is 5.56 Å². The number of aromatic nitrogens is 2. The topological polar surface area (TPSA) is 75.5 Å². The molecule has 132 valence electrons. The maximum absolute atomic E-state index is 12.5. The van der Waals surface area contributed by atoms with E-state index in [1.54, 1.807) is 16.3 Å². The standard InChI is InChI=1S/C18H16N4O3S/c23-15(9-20-11-19-17-14(18(20)25)6-7-26-17)22-10-16(24)21(12-22)8-13-4-2-1-3-5-13/h1-7,11H,8-10,12H2. The van der Waals surface area contributed by atoms with E-state index in [1.165, 1.54) is 27.1 Å². The Morgan fingerprint density at radius 3 is 2.77 bits per heavy atom. The number of carbonyl (C=O) groups is 2. The lowest BCUT2D eigenvalue weighted by Gasteiger charge is -2.18. The maximum atomic E-state index is 12.5. The van der Waals surface area contributed by atoms with Crippen molar-refractivity contribution < 1.29 is 9.59 Å². The van der Waals surface area contributed by atoms with Gasteiger partial charge in [-0.25, -0.2) is 4.98 Å². The van der Waals surface area contributed by atoms with E-state index < -0.39 is 0 Å². The van der Waals surface area contributed by atoms with Gasteiger partial charge in [-0.2, -0.15) is 0 Å². The minimum absolute atomic E-state index is 0.0363. The van der Waals surface area contributed by atoms with Crippen LogP contribution in [0.3, 0.4) is 0 Å². The van der Waals surface area contributed by atoms with E-state index in [4.69, 9.17) is 0 Å². The number of hydrogen-bond donors (Lipinski definition) is 0. The number of fused-ring (bicyclic) bond motifs is 1. The number of rotatable bonds is 4. The Balaban J connectivity index is 1.46. The van der Waals surface area contributed by atoms with Gasteiger partial charge in [-0.05, 0) is 17.0 Å². The van der Waals surface area contributed by atoms with Gasteiger partial charge in [0, 0.05) is 6.54 Å². The summed E-state index contributed by atoms with van der Waals surface area (Å²) in [6.07, 6.45) is 1.39. The van der Waals surface area contributed by atoms with Crippen molar-refractivity contribution >= 4 is 33.4 Å². The van der Waals surface area contributed by atoms with E-state index in [0.717, 1.165) is 5.56 Å². The summed E-state index contributed by atoms with van der Waals surface area (Å²) in [7, 11) is 0. The molecule has 0 radical (unpaired) electrons. The Bertz CT molecular complexity index is 1030. The molecule has 1 saturated heterocycles. The highest BCUT2D eigenvalue weighted by Crippen LogP contribution is 2.14. The third-order valence-corrected chi connectivity index (χ3v) is 5.17. The number of thiophene rings is 1. The normalized spacial score (nSPS) is 14.4. The monoisotopic (exact) mass is 368 g/mol. The first-order chi connectivity index (χ1) is 12.6. The van der Waals surface area contributed by atoms with Crippen molar-refractivity contribution in [3.05, 3.63) is 64.0 Å². The van der Waals surface area contributed by atoms with Crippen molar-refractivity contribution in [3.63, 3.8) is 0 Å². The first kappa shape index (κ1) is 16.5. The van der Waals surface area contributed by atoms with Gasteiger partial charge < -0.3 is 9.80 Å². The molecular formula is C18H16N4O3S. The highest BCUT2D eigenvalue weighted by atomic mass is 32.1. The Hall–Kier alpha value is -3.00. The van der Waals surface area contributed by atoms with Gasteiger partial charge in [0.2, 0.25) is 11.8 Å². The van der Waals surface area contributed by atoms with E-state index in [1.807, 2.05) is 30.3 Å². The van der Waals surface area contributed by atoms with Gasteiger partial charge in [0.05, 0.1) is 18.4 Å². The van der Waals surface area contributed by atoms with E-state index in [2.05, 4.69) is 4.98 Å². The molecule has 0 bridgehead atoms. The smallest absolute Gasteiger partial charge is 0.262 e. The summed E-state index contributed by atoms with van der Waals surface area (Å²) < 4.78 is 1.29. The molecule has 0 N–H and O–H groups in total. The van der Waals surface area contributed by atoms with Crippen molar-refractivity contribution in [1.29, 1.82) is 0 Å². The van der Waals surface area contributed by atoms with Crippen molar-refractivity contribution in [2.24, 2.45) is 0 Å². The summed E-state index contributed by atoms with van der Waals surface area (Å²) >= 11 is 1.38. The predicted octanol–water partition coefficient (Wildman–Crippen LogP) is 1.29. The fourth-order valence-corrected chi connectivity index (χ4v) is 3.68. The van der Waals surface area contributed by atoms with Gasteiger partial charge >= 0.3 is 0 Å². The second-order valence-corrected chi connectivity index (χ2v) is 7.02. The number of nitrogens with zero attached hydrogens (tertiary/aromatic N) is 4. The minimum Gasteiger partial charge on any atom is -0.319 e. The van der Waals surface area contributed by atoms with Crippen LogP contribution in [0.2, 0.25) is 0 Å². The largest absolute Gasteiger partial charge is 0.319 e. The summed E-state index contributed by atoms with van der Waals surface area (Å²) in [4.78, 5) is 45.1. The fourth-order valence-electron chi connectivity index (χ4n) is 2.96. The molecule has 0 unspecified atom stereocenters. The van der Waals surface area contributed by atoms with Crippen LogP contribution in [0.15, 0.2) is 52.9 Å². The molecule has 1 aromatic carbocycles. The quantitative estimate of drug-likeness (QED) is 0.695. The predicted molar refractivity (Wildman–Crippen MR) is 97.5 cm³/mol. The highest BCUT2D eigenvalue weighted by molar-refractivity contribution is 7.16. The van der Waals surface area contributed by atoms with E-state index in [9.17, 15) is 14.4 Å². The van der Waals surface area contributed by atoms with E-state index >= 15 is 0 Å². The van der Waals surface area contributed by atoms with Gasteiger partial charge in [-0.15, -0.1) is 11.3 Å². The average molecular weight is 368 g/mol. The lowest BCUT2D eigenvalue weighted by Crippen LogP contribution is -2.36. The molecule has 3 heterocycles. The summed E-state index contributed by atoms with van der Waals surface area (Å²) in [5, 5.41) is 2.31. The molecule has 1 aliphatic heterocycles. The minimum atomic E-state index is -0.271. The van der Waals surface area contributed by atoms with Crippen LogP contribution in [-0.4, -0.2) is 44.4 Å². The summed E-state index contributed by atoms with van der Waals surface area (Å²) in [6, 6.07) is 11.3. The molecule has 0 aliphatic carbocycles. The van der Waals surface area contributed by atoms with E-state index in [-0.39, 0.29) is 37.1 Å². The van der Waals surface area contributed by atoms with Crippen LogP contribution in [-0.2, 0) is 22.7 Å². The molecule has 0 spiro atoms. The Labute approximate surface area is 153 Å². The highest BCUT2D eigenvalue weighted by Gasteiger charge is 2.30. The van der Waals surface area contributed by atoms with Crippen molar-refractivity contribution in [1.82, 2.24) is 19.4 Å². The van der Waals surface area contributed by atoms with Crippen LogP contribution < -0.4 is 5.56 Å². The molecule has 1 fully saturated rings. The first-order valence-corrected chi connectivity index (χ1v) is 9.02. The van der Waals surface area contributed by atoms with Gasteiger partial charge in [0.1, 0.15) is 17.9 Å². The Morgan fingerprint density at radius 1 is 1.15 bits per heavy atom. The van der Waals surface area contributed by atoms with Gasteiger partial charge in [0.15, 0.2) is 0 Å². The molecule has 7 nitrogen and oxygen atoms in total. The van der Waals surface area contributed by atoms with Crippen LogP contribution >= 0.6 is 11.3 Å². The second kappa shape index (κ2) is 6.72. The summed E-state index contributed by atoms with van der Waals surface area (Å²) in [6.45, 7) is 0.611. The average Bonchev–Trinajstić information content (AvgIpc) is 3.26. The fraction of sp³-hybridized carbons (Fsp3) is 0.222. The zero-order chi connectivity index (χ0) is 18.1. The third-order valence-electron chi connectivity index (χ3n) is 4.35. The number of hydrogen-bond acceptors (Lipinski definition) is 5. The van der Waals surface area contributed by atoms with Gasteiger partial charge in [-0.1, -0.05) is 30.3 Å². The lowest BCUT2D eigenvalue weighted by molar-refractivity contribution is -0.132. The molecule has 3 aromatic rings. The molecule has 4 rings (SSSR count). The molecule has 1 aliphatic rings. The Morgan fingerprint density at radius 2 is 1.96 bits per heavy atom. The van der Waals surface area contributed by atoms with Crippen LogP contribution in [0.5, 0.6) is 0 Å². The molecular weight excluding hydrogens is 352 g/mol. The lowest BCUT2D eigenvalue weighted by atomic mass is 10.2. The number of amides is 2. The van der Waals surface area contributed by atoms with Crippen LogP contribution in [0, 0.1) is 0 Å². The number of carbonyl (C=O) groups excluding carboxylic acids is 2. The van der Waals surface area contributed by atoms with Crippen molar-refractivity contribution in [2.75, 3.05) is 13.2 Å². The van der Waals surface area contributed by atoms with Crippen molar-refractivity contribution in [3.8, 4) is 0 Å². The van der Waals surface area contributed by atoms with Crippen LogP contribution in [0.1, 0.15) is 5.56 Å². The zero-order valence-electron chi connectivity index (χ0n) is 13.9. The molecule has 2 aromatic heterocycles. The van der Waals surface area contributed by atoms with Gasteiger partial charge in [-0.3, -0.25) is 19.0 Å². The molecule has 0 saturated carbocycles. The zero-order valence-corrected chi connectivity index (χ0v) is 14.7. The molecule has 0 atom stereocenters. The van der Waals surface area contributed by atoms with Crippen LogP contribution in [0.25, 0.3) is 10.2 Å². The number of benzene rings is 1. The molecule has 2 amide bonds. The maximum Gasteiger partial charge on any atom is 0.262 e. The van der Waals surface area contributed by atoms with Crippen molar-refractivity contribution in [2.45, 2.75) is 13.1 Å².